The Kier molecular flexibility index (Phi) is 4.86. The lowest BCUT2D eigenvalue weighted by Gasteiger charge is -2.06. The van der Waals surface area contributed by atoms with Crippen molar-refractivity contribution < 1.29 is 4.79 Å². The Bertz CT molecular complexity index is 565. The van der Waals surface area contributed by atoms with Crippen molar-refractivity contribution in [3.05, 3.63) is 42.5 Å². The third kappa shape index (κ3) is 4.28. The van der Waals surface area contributed by atoms with Crippen LogP contribution in [-0.4, -0.2) is 5.91 Å². The van der Waals surface area contributed by atoms with Crippen LogP contribution in [0.15, 0.2) is 47.4 Å². The first kappa shape index (κ1) is 13.9. The molecule has 0 heterocycles. The second kappa shape index (κ2) is 6.62. The van der Waals surface area contributed by atoms with E-state index in [1.165, 1.54) is 22.7 Å². The second-order valence-corrected chi connectivity index (χ2v) is 5.95. The Morgan fingerprint density at radius 2 is 1.89 bits per heavy atom. The maximum Gasteiger partial charge on any atom is 0.230 e. The van der Waals surface area contributed by atoms with Crippen molar-refractivity contribution in [3.63, 3.8) is 0 Å². The highest BCUT2D eigenvalue weighted by molar-refractivity contribution is 7.98. The van der Waals surface area contributed by atoms with Gasteiger partial charge in [0.25, 0.3) is 0 Å². The number of carbonyl (C=O) groups excluding carboxylic acids is 1. The van der Waals surface area contributed by atoms with Gasteiger partial charge in [0.15, 0.2) is 0 Å². The van der Waals surface area contributed by atoms with Crippen LogP contribution in [0.3, 0.4) is 0 Å². The topological polar surface area (TPSA) is 29.1 Å². The van der Waals surface area contributed by atoms with Crippen LogP contribution >= 0.6 is 11.9 Å². The molecule has 1 amide bonds. The highest BCUT2D eigenvalue weighted by atomic mass is 32.2. The molecule has 3 heteroatoms. The molecule has 0 saturated heterocycles. The number of carbonyl (C=O) groups is 1. The molecule has 0 spiro atoms. The fourth-order valence-electron chi connectivity index (χ4n) is 1.82. The molecular formula is C16H19NOS. The fourth-order valence-corrected chi connectivity index (χ4v) is 2.47. The quantitative estimate of drug-likeness (QED) is 0.818. The number of hydrogen-bond acceptors (Lipinski definition) is 2. The van der Waals surface area contributed by atoms with E-state index in [1.54, 1.807) is 0 Å². The number of rotatable bonds is 5. The van der Waals surface area contributed by atoms with Crippen LogP contribution < -0.4 is 4.72 Å². The van der Waals surface area contributed by atoms with Crippen LogP contribution in [-0.2, 0) is 4.79 Å². The lowest BCUT2D eigenvalue weighted by Crippen LogP contribution is -2.15. The number of nitrogens with one attached hydrogen (secondary N) is 1. The summed E-state index contributed by atoms with van der Waals surface area (Å²) in [7, 11) is 0. The maximum atomic E-state index is 11.7. The van der Waals surface area contributed by atoms with Gasteiger partial charge in [0.1, 0.15) is 0 Å². The summed E-state index contributed by atoms with van der Waals surface area (Å²) < 4.78 is 2.90. The average molecular weight is 273 g/mol. The van der Waals surface area contributed by atoms with Gasteiger partial charge in [0.2, 0.25) is 5.91 Å². The first-order chi connectivity index (χ1) is 9.15. The predicted molar refractivity (Wildman–Crippen MR) is 82.0 cm³/mol. The normalized spacial score (nSPS) is 10.9. The van der Waals surface area contributed by atoms with E-state index < -0.39 is 0 Å². The first-order valence-electron chi connectivity index (χ1n) is 6.59. The Hall–Kier alpha value is -1.48. The van der Waals surface area contributed by atoms with Crippen molar-refractivity contribution >= 4 is 28.6 Å². The highest BCUT2D eigenvalue weighted by Gasteiger charge is 2.04. The summed E-state index contributed by atoms with van der Waals surface area (Å²) in [5, 5.41) is 2.42. The summed E-state index contributed by atoms with van der Waals surface area (Å²) in [5.41, 5.74) is 0. The van der Waals surface area contributed by atoms with Crippen molar-refractivity contribution in [1.29, 1.82) is 0 Å². The SMILES string of the molecule is CC(C)CCC(=O)NSc1ccc2ccccc2c1. The molecule has 0 aromatic heterocycles. The van der Waals surface area contributed by atoms with E-state index in [0.29, 0.717) is 12.3 Å². The molecule has 0 aliphatic heterocycles. The molecule has 100 valence electrons. The van der Waals surface area contributed by atoms with E-state index in [1.807, 2.05) is 18.2 Å². The number of hydrogen-bond donors (Lipinski definition) is 1. The van der Waals surface area contributed by atoms with E-state index in [4.69, 9.17) is 0 Å². The molecule has 0 aliphatic rings. The minimum atomic E-state index is 0.104. The average Bonchev–Trinajstić information content (AvgIpc) is 2.42. The molecule has 2 nitrogen and oxygen atoms in total. The number of amides is 1. The van der Waals surface area contributed by atoms with Gasteiger partial charge in [-0.2, -0.15) is 0 Å². The summed E-state index contributed by atoms with van der Waals surface area (Å²) in [5.74, 6) is 0.670. The molecule has 0 fully saturated rings. The van der Waals surface area contributed by atoms with E-state index in [0.717, 1.165) is 11.3 Å². The molecule has 2 aromatic carbocycles. The number of benzene rings is 2. The van der Waals surface area contributed by atoms with Gasteiger partial charge >= 0.3 is 0 Å². The minimum Gasteiger partial charge on any atom is -0.296 e. The highest BCUT2D eigenvalue weighted by Crippen LogP contribution is 2.21. The summed E-state index contributed by atoms with van der Waals surface area (Å²) in [6.07, 6.45) is 1.53. The largest absolute Gasteiger partial charge is 0.296 e. The molecule has 2 rings (SSSR count). The van der Waals surface area contributed by atoms with E-state index >= 15 is 0 Å². The summed E-state index contributed by atoms with van der Waals surface area (Å²) >= 11 is 1.40. The van der Waals surface area contributed by atoms with E-state index in [2.05, 4.69) is 42.8 Å². The van der Waals surface area contributed by atoms with Gasteiger partial charge in [-0.05, 0) is 47.2 Å². The third-order valence-corrected chi connectivity index (χ3v) is 3.77. The molecule has 2 aromatic rings. The summed E-state index contributed by atoms with van der Waals surface area (Å²) in [6, 6.07) is 14.4. The Morgan fingerprint density at radius 1 is 1.16 bits per heavy atom. The van der Waals surface area contributed by atoms with Gasteiger partial charge in [0.05, 0.1) is 0 Å². The van der Waals surface area contributed by atoms with Gasteiger partial charge < -0.3 is 0 Å². The molecular weight excluding hydrogens is 254 g/mol. The molecule has 0 saturated carbocycles. The second-order valence-electron chi connectivity index (χ2n) is 5.07. The number of fused-ring (bicyclic) bond motifs is 1. The van der Waals surface area contributed by atoms with Crippen molar-refractivity contribution in [3.8, 4) is 0 Å². The maximum absolute atomic E-state index is 11.7. The van der Waals surface area contributed by atoms with Crippen LogP contribution in [0.25, 0.3) is 10.8 Å². The molecule has 0 atom stereocenters. The summed E-state index contributed by atoms with van der Waals surface area (Å²) in [4.78, 5) is 12.7. The van der Waals surface area contributed by atoms with Gasteiger partial charge in [-0.3, -0.25) is 9.52 Å². The van der Waals surface area contributed by atoms with Crippen molar-refractivity contribution in [2.24, 2.45) is 5.92 Å². The van der Waals surface area contributed by atoms with Gasteiger partial charge in [-0.25, -0.2) is 0 Å². The lowest BCUT2D eigenvalue weighted by molar-refractivity contribution is -0.119. The first-order valence-corrected chi connectivity index (χ1v) is 7.41. The van der Waals surface area contributed by atoms with Crippen molar-refractivity contribution in [1.82, 2.24) is 4.72 Å². The zero-order valence-corrected chi connectivity index (χ0v) is 12.2. The van der Waals surface area contributed by atoms with E-state index in [9.17, 15) is 4.79 Å². The third-order valence-electron chi connectivity index (χ3n) is 2.95. The van der Waals surface area contributed by atoms with Gasteiger partial charge in [-0.15, -0.1) is 0 Å². The molecule has 1 N–H and O–H groups in total. The van der Waals surface area contributed by atoms with Crippen LogP contribution in [0.4, 0.5) is 0 Å². The Labute approximate surface area is 118 Å². The van der Waals surface area contributed by atoms with E-state index in [-0.39, 0.29) is 5.91 Å². The van der Waals surface area contributed by atoms with Crippen LogP contribution in [0.5, 0.6) is 0 Å². The van der Waals surface area contributed by atoms with Crippen LogP contribution in [0, 0.1) is 5.92 Å². The van der Waals surface area contributed by atoms with Gasteiger partial charge in [0, 0.05) is 11.3 Å². The standard InChI is InChI=1S/C16H19NOS/c1-12(2)7-10-16(18)17-19-15-9-8-13-5-3-4-6-14(13)11-15/h3-6,8-9,11-12H,7,10H2,1-2H3,(H,17,18). The zero-order valence-electron chi connectivity index (χ0n) is 11.3. The monoisotopic (exact) mass is 273 g/mol. The lowest BCUT2D eigenvalue weighted by atomic mass is 10.1. The predicted octanol–water partition coefficient (Wildman–Crippen LogP) is 4.40. The minimum absolute atomic E-state index is 0.104. The van der Waals surface area contributed by atoms with Crippen LogP contribution in [0.2, 0.25) is 0 Å². The Morgan fingerprint density at radius 3 is 2.63 bits per heavy atom. The molecule has 19 heavy (non-hydrogen) atoms. The van der Waals surface area contributed by atoms with Crippen molar-refractivity contribution in [2.75, 3.05) is 0 Å². The smallest absolute Gasteiger partial charge is 0.230 e. The van der Waals surface area contributed by atoms with Gasteiger partial charge in [-0.1, -0.05) is 44.2 Å². The fraction of sp³-hybridized carbons (Fsp3) is 0.312. The molecule has 0 bridgehead atoms. The summed E-state index contributed by atoms with van der Waals surface area (Å²) in [6.45, 7) is 4.26. The zero-order chi connectivity index (χ0) is 13.7. The van der Waals surface area contributed by atoms with Crippen LogP contribution in [0.1, 0.15) is 26.7 Å². The molecule has 0 unspecified atom stereocenters. The van der Waals surface area contributed by atoms with Crippen molar-refractivity contribution in [2.45, 2.75) is 31.6 Å². The Balaban J connectivity index is 1.92. The molecule has 0 aliphatic carbocycles. The molecule has 0 radical (unpaired) electrons.